The highest BCUT2D eigenvalue weighted by atomic mass is 16.5. The van der Waals surface area contributed by atoms with Crippen molar-refractivity contribution in [3.8, 4) is 5.75 Å². The topological polar surface area (TPSA) is 48.0 Å². The van der Waals surface area contributed by atoms with Gasteiger partial charge in [-0.05, 0) is 42.9 Å². The van der Waals surface area contributed by atoms with Crippen molar-refractivity contribution in [3.63, 3.8) is 0 Å². The molecule has 2 saturated heterocycles. The quantitative estimate of drug-likeness (QED) is 0.850. The summed E-state index contributed by atoms with van der Waals surface area (Å²) >= 11 is 0. The van der Waals surface area contributed by atoms with Gasteiger partial charge < -0.3 is 19.1 Å². The van der Waals surface area contributed by atoms with Crippen molar-refractivity contribution in [1.29, 1.82) is 0 Å². The number of nitrogens with zero attached hydrogens (tertiary/aromatic N) is 1. The molecule has 2 fully saturated rings. The fourth-order valence-corrected chi connectivity index (χ4v) is 4.06. The van der Waals surface area contributed by atoms with Crippen molar-refractivity contribution < 1.29 is 19.0 Å². The van der Waals surface area contributed by atoms with E-state index in [1.54, 1.807) is 14.2 Å². The molecule has 1 amide bonds. The minimum atomic E-state index is 0.0964. The SMILES string of the molecule is COC[C@@H]1COCCC12CCN(C(=O)c1cccc(OC)c1)CC2. The van der Waals surface area contributed by atoms with Crippen LogP contribution in [0.4, 0.5) is 0 Å². The molecule has 1 spiro atoms. The predicted octanol–water partition coefficient (Wildman–Crippen LogP) is 2.60. The number of ether oxygens (including phenoxy) is 3. The molecule has 5 heteroatoms. The number of hydrogen-bond acceptors (Lipinski definition) is 4. The van der Waals surface area contributed by atoms with Crippen molar-refractivity contribution in [2.24, 2.45) is 11.3 Å². The Labute approximate surface area is 143 Å². The second kappa shape index (κ2) is 7.53. The number of carbonyl (C=O) groups is 1. The van der Waals surface area contributed by atoms with Gasteiger partial charge >= 0.3 is 0 Å². The van der Waals surface area contributed by atoms with Gasteiger partial charge in [0.05, 0.1) is 20.3 Å². The second-order valence-corrected chi connectivity index (χ2v) is 6.86. The Morgan fingerprint density at radius 2 is 2.08 bits per heavy atom. The van der Waals surface area contributed by atoms with Gasteiger partial charge in [0.2, 0.25) is 0 Å². The summed E-state index contributed by atoms with van der Waals surface area (Å²) in [6.45, 7) is 3.94. The molecule has 0 aromatic heterocycles. The molecule has 2 heterocycles. The smallest absolute Gasteiger partial charge is 0.253 e. The van der Waals surface area contributed by atoms with E-state index in [0.717, 1.165) is 57.9 Å². The average Bonchev–Trinajstić information content (AvgIpc) is 2.64. The summed E-state index contributed by atoms with van der Waals surface area (Å²) in [5.74, 6) is 1.25. The van der Waals surface area contributed by atoms with E-state index in [1.807, 2.05) is 29.2 Å². The van der Waals surface area contributed by atoms with Crippen LogP contribution in [0.1, 0.15) is 29.6 Å². The van der Waals surface area contributed by atoms with E-state index in [0.29, 0.717) is 11.5 Å². The van der Waals surface area contributed by atoms with Crippen LogP contribution < -0.4 is 4.74 Å². The van der Waals surface area contributed by atoms with Crippen LogP contribution in [0.5, 0.6) is 5.75 Å². The highest BCUT2D eigenvalue weighted by Crippen LogP contribution is 2.45. The number of methoxy groups -OCH3 is 2. The van der Waals surface area contributed by atoms with Gasteiger partial charge in [-0.1, -0.05) is 6.07 Å². The van der Waals surface area contributed by atoms with Crippen LogP contribution in [0.25, 0.3) is 0 Å². The van der Waals surface area contributed by atoms with Crippen LogP contribution in [-0.2, 0) is 9.47 Å². The Morgan fingerprint density at radius 3 is 2.79 bits per heavy atom. The van der Waals surface area contributed by atoms with Crippen molar-refractivity contribution in [3.05, 3.63) is 29.8 Å². The molecule has 1 aromatic rings. The monoisotopic (exact) mass is 333 g/mol. The van der Waals surface area contributed by atoms with Crippen molar-refractivity contribution in [2.45, 2.75) is 19.3 Å². The van der Waals surface area contributed by atoms with E-state index < -0.39 is 0 Å². The maximum Gasteiger partial charge on any atom is 0.253 e. The van der Waals surface area contributed by atoms with Crippen molar-refractivity contribution >= 4 is 5.91 Å². The zero-order valence-electron chi connectivity index (χ0n) is 14.6. The zero-order valence-corrected chi connectivity index (χ0v) is 14.6. The van der Waals surface area contributed by atoms with Crippen LogP contribution >= 0.6 is 0 Å². The molecule has 0 N–H and O–H groups in total. The van der Waals surface area contributed by atoms with E-state index in [-0.39, 0.29) is 11.3 Å². The molecule has 0 saturated carbocycles. The van der Waals surface area contributed by atoms with Crippen molar-refractivity contribution in [2.75, 3.05) is 47.1 Å². The maximum atomic E-state index is 12.8. The molecule has 5 nitrogen and oxygen atoms in total. The number of rotatable bonds is 4. The lowest BCUT2D eigenvalue weighted by Crippen LogP contribution is -2.50. The van der Waals surface area contributed by atoms with Crippen LogP contribution in [0.2, 0.25) is 0 Å². The van der Waals surface area contributed by atoms with E-state index in [2.05, 4.69) is 0 Å². The summed E-state index contributed by atoms with van der Waals surface area (Å²) in [7, 11) is 3.37. The fraction of sp³-hybridized carbons (Fsp3) is 0.632. The summed E-state index contributed by atoms with van der Waals surface area (Å²) in [6.07, 6.45) is 3.13. The van der Waals surface area contributed by atoms with Gasteiger partial charge in [-0.3, -0.25) is 4.79 Å². The van der Waals surface area contributed by atoms with Gasteiger partial charge in [0.25, 0.3) is 5.91 Å². The highest BCUT2D eigenvalue weighted by molar-refractivity contribution is 5.94. The molecule has 1 atom stereocenters. The lowest BCUT2D eigenvalue weighted by Gasteiger charge is -2.48. The minimum Gasteiger partial charge on any atom is -0.497 e. The fourth-order valence-electron chi connectivity index (χ4n) is 4.06. The molecule has 2 aliphatic rings. The van der Waals surface area contributed by atoms with Gasteiger partial charge in [0, 0.05) is 38.3 Å². The van der Waals surface area contributed by atoms with Gasteiger partial charge in [-0.15, -0.1) is 0 Å². The van der Waals surface area contributed by atoms with E-state index >= 15 is 0 Å². The largest absolute Gasteiger partial charge is 0.497 e. The average molecular weight is 333 g/mol. The number of benzene rings is 1. The molecule has 0 unspecified atom stereocenters. The Hall–Kier alpha value is -1.59. The Kier molecular flexibility index (Phi) is 5.41. The molecule has 0 radical (unpaired) electrons. The zero-order chi connectivity index (χ0) is 17.0. The van der Waals surface area contributed by atoms with Crippen LogP contribution in [0.3, 0.4) is 0 Å². The molecule has 0 aliphatic carbocycles. The molecular formula is C19H27NO4. The first-order chi connectivity index (χ1) is 11.7. The number of likely N-dealkylation sites (tertiary alicyclic amines) is 1. The van der Waals surface area contributed by atoms with Gasteiger partial charge in [-0.2, -0.15) is 0 Å². The Balaban J connectivity index is 1.66. The van der Waals surface area contributed by atoms with E-state index in [9.17, 15) is 4.79 Å². The summed E-state index contributed by atoms with van der Waals surface area (Å²) < 4.78 is 16.3. The Bertz CT molecular complexity index is 564. The molecule has 2 aliphatic heterocycles. The Morgan fingerprint density at radius 1 is 1.29 bits per heavy atom. The molecular weight excluding hydrogens is 306 g/mol. The van der Waals surface area contributed by atoms with Crippen LogP contribution in [0, 0.1) is 11.3 Å². The normalized spacial score (nSPS) is 23.2. The lowest BCUT2D eigenvalue weighted by molar-refractivity contribution is -0.0912. The third-order valence-corrected chi connectivity index (χ3v) is 5.66. The molecule has 1 aromatic carbocycles. The first-order valence-corrected chi connectivity index (χ1v) is 8.68. The van der Waals surface area contributed by atoms with Gasteiger partial charge in [0.1, 0.15) is 5.75 Å². The molecule has 132 valence electrons. The van der Waals surface area contributed by atoms with Crippen LogP contribution in [-0.4, -0.2) is 57.9 Å². The van der Waals surface area contributed by atoms with E-state index in [4.69, 9.17) is 14.2 Å². The number of amides is 1. The maximum absolute atomic E-state index is 12.8. The summed E-state index contributed by atoms with van der Waals surface area (Å²) in [6, 6.07) is 7.40. The molecule has 3 rings (SSSR count). The number of carbonyl (C=O) groups excluding carboxylic acids is 1. The van der Waals surface area contributed by atoms with Crippen molar-refractivity contribution in [1.82, 2.24) is 4.90 Å². The van der Waals surface area contributed by atoms with E-state index in [1.165, 1.54) is 0 Å². The summed E-state index contributed by atoms with van der Waals surface area (Å²) in [5.41, 5.74) is 0.963. The summed E-state index contributed by atoms with van der Waals surface area (Å²) in [4.78, 5) is 14.7. The molecule has 24 heavy (non-hydrogen) atoms. The standard InChI is InChI=1S/C19H27NO4/c1-22-13-16-14-24-11-8-19(16)6-9-20(10-7-19)18(21)15-4-3-5-17(12-15)23-2/h3-5,12,16H,6-11,13-14H2,1-2H3/t16-/m1/s1. The van der Waals surface area contributed by atoms with Crippen LogP contribution in [0.15, 0.2) is 24.3 Å². The first kappa shape index (κ1) is 17.2. The lowest BCUT2D eigenvalue weighted by atomic mass is 9.66. The molecule has 0 bridgehead atoms. The second-order valence-electron chi connectivity index (χ2n) is 6.86. The summed E-state index contributed by atoms with van der Waals surface area (Å²) in [5, 5.41) is 0. The number of piperidine rings is 1. The number of hydrogen-bond donors (Lipinski definition) is 0. The third-order valence-electron chi connectivity index (χ3n) is 5.66. The van der Waals surface area contributed by atoms with Gasteiger partial charge in [-0.25, -0.2) is 0 Å². The third kappa shape index (κ3) is 3.42. The minimum absolute atomic E-state index is 0.0964. The van der Waals surface area contributed by atoms with Gasteiger partial charge in [0.15, 0.2) is 0 Å². The predicted molar refractivity (Wildman–Crippen MR) is 91.4 cm³/mol. The first-order valence-electron chi connectivity index (χ1n) is 8.68. The highest BCUT2D eigenvalue weighted by Gasteiger charge is 2.44.